The third-order valence-electron chi connectivity index (χ3n) is 8.23. The molecule has 0 radical (unpaired) electrons. The quantitative estimate of drug-likeness (QED) is 0.287. The predicted octanol–water partition coefficient (Wildman–Crippen LogP) is 3.11. The number of likely N-dealkylation sites (tertiary alicyclic amines) is 1. The van der Waals surface area contributed by atoms with Crippen molar-refractivity contribution < 1.29 is 33.7 Å². The Morgan fingerprint density at radius 3 is 2.40 bits per heavy atom. The van der Waals surface area contributed by atoms with E-state index in [1.165, 1.54) is 30.2 Å². The third kappa shape index (κ3) is 6.87. The van der Waals surface area contributed by atoms with Crippen LogP contribution in [0.2, 0.25) is 0 Å². The van der Waals surface area contributed by atoms with Gasteiger partial charge in [-0.3, -0.25) is 14.4 Å². The first kappa shape index (κ1) is 31.7. The molecule has 1 saturated heterocycles. The van der Waals surface area contributed by atoms with Crippen LogP contribution in [0.25, 0.3) is 0 Å². The van der Waals surface area contributed by atoms with Crippen LogP contribution in [0.4, 0.5) is 4.39 Å². The molecule has 1 fully saturated rings. The minimum Gasteiger partial charge on any atom is -0.508 e. The van der Waals surface area contributed by atoms with Gasteiger partial charge in [-0.05, 0) is 37.1 Å². The van der Waals surface area contributed by atoms with Gasteiger partial charge in [0.25, 0.3) is 11.8 Å². The molecule has 0 bridgehead atoms. The second kappa shape index (κ2) is 13.4. The number of ether oxygens (including phenoxy) is 1. The summed E-state index contributed by atoms with van der Waals surface area (Å²) in [7, 11) is 1.49. The van der Waals surface area contributed by atoms with Gasteiger partial charge < -0.3 is 30.5 Å². The molecule has 4 atom stereocenters. The lowest BCUT2D eigenvalue weighted by molar-refractivity contribution is -0.148. The van der Waals surface area contributed by atoms with Gasteiger partial charge in [0.1, 0.15) is 17.6 Å². The number of carbonyl (C=O) groups excluding carboxylic acids is 3. The van der Waals surface area contributed by atoms with E-state index in [0.29, 0.717) is 11.1 Å². The number of hydrogen-bond acceptors (Lipinski definition) is 6. The lowest BCUT2D eigenvalue weighted by atomic mass is 9.81. The number of benzene rings is 3. The SMILES string of the molecule is CO[C@@H]1CN(C(=O)[C@@H](O)[C@H](Cc2ccccc2)NC(=O)c2cccc(O)c2C)[C@H](C(=O)NCc2ccccc2F)C1(C)C. The van der Waals surface area contributed by atoms with E-state index in [4.69, 9.17) is 4.74 Å². The molecule has 4 rings (SSSR count). The van der Waals surface area contributed by atoms with Crippen molar-refractivity contribution in [1.29, 1.82) is 0 Å². The summed E-state index contributed by atoms with van der Waals surface area (Å²) in [5.74, 6) is -2.37. The van der Waals surface area contributed by atoms with E-state index in [1.54, 1.807) is 45.0 Å². The summed E-state index contributed by atoms with van der Waals surface area (Å²) in [5, 5.41) is 27.1. The van der Waals surface area contributed by atoms with Crippen LogP contribution in [0.1, 0.15) is 40.9 Å². The van der Waals surface area contributed by atoms with E-state index in [1.807, 2.05) is 30.3 Å². The van der Waals surface area contributed by atoms with E-state index in [2.05, 4.69) is 10.6 Å². The molecule has 3 aromatic rings. The van der Waals surface area contributed by atoms with Gasteiger partial charge in [-0.25, -0.2) is 4.39 Å². The predicted molar refractivity (Wildman–Crippen MR) is 159 cm³/mol. The van der Waals surface area contributed by atoms with Crippen molar-refractivity contribution in [2.45, 2.75) is 58.0 Å². The van der Waals surface area contributed by atoms with Crippen LogP contribution in [0.5, 0.6) is 5.75 Å². The van der Waals surface area contributed by atoms with Gasteiger partial charge in [-0.1, -0.05) is 68.4 Å². The number of nitrogens with zero attached hydrogens (tertiary/aromatic N) is 1. The number of aromatic hydroxyl groups is 1. The minimum absolute atomic E-state index is 0.0227. The van der Waals surface area contributed by atoms with Crippen LogP contribution in [0.15, 0.2) is 72.8 Å². The molecule has 9 nitrogen and oxygen atoms in total. The summed E-state index contributed by atoms with van der Waals surface area (Å²) in [6.07, 6.45) is -2.15. The summed E-state index contributed by atoms with van der Waals surface area (Å²) in [5.41, 5.74) is 0.754. The van der Waals surface area contributed by atoms with Gasteiger partial charge in [-0.2, -0.15) is 0 Å². The van der Waals surface area contributed by atoms with Crippen molar-refractivity contribution in [3.8, 4) is 5.75 Å². The van der Waals surface area contributed by atoms with Crippen molar-refractivity contribution in [2.24, 2.45) is 5.41 Å². The standard InChI is InChI=1S/C33H38FN3O6/c1-20-23(14-10-16-26(20)38)30(40)36-25(17-21-11-6-5-7-12-21)28(39)32(42)37-19-27(43-4)33(2,3)29(37)31(41)35-18-22-13-8-9-15-24(22)34/h5-16,25,27-29,38-39H,17-19H2,1-4H3,(H,35,41)(H,36,40)/t25-,27+,28-,29+/m0/s1. The highest BCUT2D eigenvalue weighted by Crippen LogP contribution is 2.39. The maximum absolute atomic E-state index is 14.2. The highest BCUT2D eigenvalue weighted by atomic mass is 19.1. The molecule has 0 unspecified atom stereocenters. The highest BCUT2D eigenvalue weighted by Gasteiger charge is 2.54. The molecular weight excluding hydrogens is 553 g/mol. The Kier molecular flexibility index (Phi) is 9.83. The number of rotatable bonds is 10. The molecular formula is C33H38FN3O6. The van der Waals surface area contributed by atoms with E-state index in [-0.39, 0.29) is 30.8 Å². The average Bonchev–Trinajstić information content (AvgIpc) is 3.27. The zero-order valence-corrected chi connectivity index (χ0v) is 24.7. The van der Waals surface area contributed by atoms with Crippen molar-refractivity contribution >= 4 is 17.7 Å². The average molecular weight is 592 g/mol. The molecule has 3 aromatic carbocycles. The van der Waals surface area contributed by atoms with E-state index in [0.717, 1.165) is 5.56 Å². The summed E-state index contributed by atoms with van der Waals surface area (Å²) in [6.45, 7) is 5.12. The fourth-order valence-electron chi connectivity index (χ4n) is 5.66. The van der Waals surface area contributed by atoms with Crippen molar-refractivity contribution in [2.75, 3.05) is 13.7 Å². The number of methoxy groups -OCH3 is 1. The van der Waals surface area contributed by atoms with Crippen LogP contribution in [0.3, 0.4) is 0 Å². The van der Waals surface area contributed by atoms with Gasteiger partial charge in [0.2, 0.25) is 5.91 Å². The smallest absolute Gasteiger partial charge is 0.254 e. The number of amides is 3. The summed E-state index contributed by atoms with van der Waals surface area (Å²) in [4.78, 5) is 42.2. The number of aliphatic hydroxyl groups excluding tert-OH is 1. The fraction of sp³-hybridized carbons (Fsp3) is 0.364. The zero-order valence-electron chi connectivity index (χ0n) is 24.7. The second-order valence-electron chi connectivity index (χ2n) is 11.4. The Hall–Kier alpha value is -4.28. The lowest BCUT2D eigenvalue weighted by Gasteiger charge is -2.34. The molecule has 228 valence electrons. The largest absolute Gasteiger partial charge is 0.508 e. The van der Waals surface area contributed by atoms with Gasteiger partial charge in [0.15, 0.2) is 6.10 Å². The Bertz CT molecular complexity index is 1460. The van der Waals surface area contributed by atoms with Gasteiger partial charge in [-0.15, -0.1) is 0 Å². The van der Waals surface area contributed by atoms with Gasteiger partial charge >= 0.3 is 0 Å². The van der Waals surface area contributed by atoms with Crippen LogP contribution >= 0.6 is 0 Å². The molecule has 0 saturated carbocycles. The van der Waals surface area contributed by atoms with E-state index < -0.39 is 53.2 Å². The zero-order chi connectivity index (χ0) is 31.3. The molecule has 0 aromatic heterocycles. The molecule has 1 aliphatic heterocycles. The van der Waals surface area contributed by atoms with Gasteiger partial charge in [0.05, 0.1) is 12.1 Å². The maximum Gasteiger partial charge on any atom is 0.254 e. The number of phenolic OH excluding ortho intramolecular Hbond substituents is 1. The second-order valence-corrected chi connectivity index (χ2v) is 11.4. The number of carbonyl (C=O) groups is 3. The van der Waals surface area contributed by atoms with E-state index >= 15 is 0 Å². The molecule has 4 N–H and O–H groups in total. The highest BCUT2D eigenvalue weighted by molar-refractivity contribution is 5.97. The molecule has 1 heterocycles. The third-order valence-corrected chi connectivity index (χ3v) is 8.23. The number of aliphatic hydroxyl groups is 1. The Morgan fingerprint density at radius 1 is 1.05 bits per heavy atom. The Labute approximate surface area is 250 Å². The fourth-order valence-corrected chi connectivity index (χ4v) is 5.66. The number of halogens is 1. The molecule has 0 spiro atoms. The maximum atomic E-state index is 14.2. The van der Waals surface area contributed by atoms with E-state index in [9.17, 15) is 29.0 Å². The monoisotopic (exact) mass is 591 g/mol. The first-order valence-electron chi connectivity index (χ1n) is 14.1. The first-order chi connectivity index (χ1) is 20.4. The summed E-state index contributed by atoms with van der Waals surface area (Å²) >= 11 is 0. The van der Waals surface area contributed by atoms with Crippen molar-refractivity contribution in [3.05, 3.63) is 101 Å². The Balaban J connectivity index is 1.61. The molecule has 1 aliphatic rings. The molecule has 3 amide bonds. The number of phenols is 1. The summed E-state index contributed by atoms with van der Waals surface area (Å²) in [6, 6.07) is 17.6. The van der Waals surface area contributed by atoms with Crippen LogP contribution in [-0.4, -0.2) is 70.8 Å². The minimum atomic E-state index is -1.73. The van der Waals surface area contributed by atoms with Gasteiger partial charge in [0, 0.05) is 42.3 Å². The normalized spacial score (nSPS) is 19.0. The molecule has 10 heteroatoms. The number of nitrogens with one attached hydrogen (secondary N) is 2. The van der Waals surface area contributed by atoms with Crippen LogP contribution in [0, 0.1) is 18.2 Å². The first-order valence-corrected chi connectivity index (χ1v) is 14.1. The van der Waals surface area contributed by atoms with Crippen LogP contribution < -0.4 is 10.6 Å². The summed E-state index contributed by atoms with van der Waals surface area (Å²) < 4.78 is 19.9. The number of hydrogen-bond donors (Lipinski definition) is 4. The Morgan fingerprint density at radius 2 is 1.72 bits per heavy atom. The lowest BCUT2D eigenvalue weighted by Crippen LogP contribution is -2.57. The molecule has 43 heavy (non-hydrogen) atoms. The van der Waals surface area contributed by atoms with Crippen molar-refractivity contribution in [1.82, 2.24) is 15.5 Å². The van der Waals surface area contributed by atoms with Crippen molar-refractivity contribution in [3.63, 3.8) is 0 Å². The van der Waals surface area contributed by atoms with Crippen LogP contribution in [-0.2, 0) is 27.3 Å². The topological polar surface area (TPSA) is 128 Å². The molecule has 0 aliphatic carbocycles.